The SMILES string of the molecule is Clc1ccc2ccn(CCN3CCCC3)c2c1. The first-order valence-corrected chi connectivity index (χ1v) is 6.67. The van der Waals surface area contributed by atoms with Crippen molar-refractivity contribution in [3.8, 4) is 0 Å². The highest BCUT2D eigenvalue weighted by atomic mass is 35.5. The van der Waals surface area contributed by atoms with E-state index < -0.39 is 0 Å². The highest BCUT2D eigenvalue weighted by Gasteiger charge is 2.11. The minimum atomic E-state index is 0.818. The lowest BCUT2D eigenvalue weighted by Gasteiger charge is -2.15. The van der Waals surface area contributed by atoms with Crippen LogP contribution in [0.5, 0.6) is 0 Å². The molecule has 1 aliphatic heterocycles. The predicted octanol–water partition coefficient (Wildman–Crippen LogP) is 3.39. The molecule has 0 spiro atoms. The molecule has 0 radical (unpaired) electrons. The zero-order valence-electron chi connectivity index (χ0n) is 9.90. The van der Waals surface area contributed by atoms with Crippen LogP contribution in [0.1, 0.15) is 12.8 Å². The van der Waals surface area contributed by atoms with E-state index >= 15 is 0 Å². The molecule has 1 aliphatic rings. The largest absolute Gasteiger partial charge is 0.346 e. The summed E-state index contributed by atoms with van der Waals surface area (Å²) in [6.45, 7) is 4.74. The smallest absolute Gasteiger partial charge is 0.0495 e. The van der Waals surface area contributed by atoms with Crippen molar-refractivity contribution in [3.63, 3.8) is 0 Å². The van der Waals surface area contributed by atoms with E-state index in [1.807, 2.05) is 6.07 Å². The third-order valence-electron chi connectivity index (χ3n) is 3.59. The Labute approximate surface area is 107 Å². The number of aromatic nitrogens is 1. The van der Waals surface area contributed by atoms with Gasteiger partial charge in [0.2, 0.25) is 0 Å². The molecule has 2 nitrogen and oxygen atoms in total. The van der Waals surface area contributed by atoms with Gasteiger partial charge in [0.1, 0.15) is 0 Å². The number of halogens is 1. The topological polar surface area (TPSA) is 8.17 Å². The Morgan fingerprint density at radius 2 is 1.88 bits per heavy atom. The van der Waals surface area contributed by atoms with E-state index in [9.17, 15) is 0 Å². The molecular formula is C14H17ClN2. The van der Waals surface area contributed by atoms with E-state index in [4.69, 9.17) is 11.6 Å². The number of hydrogen-bond acceptors (Lipinski definition) is 1. The monoisotopic (exact) mass is 248 g/mol. The van der Waals surface area contributed by atoms with Gasteiger partial charge in [-0.2, -0.15) is 0 Å². The number of fused-ring (bicyclic) bond motifs is 1. The Balaban J connectivity index is 1.77. The minimum absolute atomic E-state index is 0.818. The number of rotatable bonds is 3. The number of benzene rings is 1. The molecule has 0 N–H and O–H groups in total. The van der Waals surface area contributed by atoms with E-state index in [2.05, 4.69) is 33.9 Å². The molecule has 0 unspecified atom stereocenters. The maximum Gasteiger partial charge on any atom is 0.0495 e. The normalized spacial score (nSPS) is 17.0. The van der Waals surface area contributed by atoms with E-state index in [1.165, 1.54) is 36.8 Å². The number of hydrogen-bond donors (Lipinski definition) is 0. The summed E-state index contributed by atoms with van der Waals surface area (Å²) in [7, 11) is 0. The van der Waals surface area contributed by atoms with Crippen LogP contribution >= 0.6 is 11.6 Å². The molecule has 0 bridgehead atoms. The molecule has 1 saturated heterocycles. The van der Waals surface area contributed by atoms with Crippen molar-refractivity contribution < 1.29 is 0 Å². The van der Waals surface area contributed by atoms with Crippen molar-refractivity contribution in [1.29, 1.82) is 0 Å². The summed E-state index contributed by atoms with van der Waals surface area (Å²) in [5.74, 6) is 0. The van der Waals surface area contributed by atoms with Gasteiger partial charge in [-0.05, 0) is 49.5 Å². The number of likely N-dealkylation sites (tertiary alicyclic amines) is 1. The van der Waals surface area contributed by atoms with Crippen molar-refractivity contribution in [2.24, 2.45) is 0 Å². The summed E-state index contributed by atoms with van der Waals surface area (Å²) >= 11 is 6.05. The van der Waals surface area contributed by atoms with Crippen LogP contribution in [0.3, 0.4) is 0 Å². The van der Waals surface area contributed by atoms with Gasteiger partial charge in [0, 0.05) is 29.8 Å². The second-order valence-electron chi connectivity index (χ2n) is 4.76. The molecule has 1 aromatic heterocycles. The van der Waals surface area contributed by atoms with Crippen LogP contribution in [0.2, 0.25) is 5.02 Å². The van der Waals surface area contributed by atoms with Crippen LogP contribution in [0.25, 0.3) is 10.9 Å². The zero-order chi connectivity index (χ0) is 11.7. The Morgan fingerprint density at radius 3 is 2.71 bits per heavy atom. The van der Waals surface area contributed by atoms with Gasteiger partial charge < -0.3 is 9.47 Å². The van der Waals surface area contributed by atoms with E-state index in [-0.39, 0.29) is 0 Å². The van der Waals surface area contributed by atoms with Gasteiger partial charge in [0.05, 0.1) is 0 Å². The molecule has 2 heterocycles. The quantitative estimate of drug-likeness (QED) is 0.808. The maximum absolute atomic E-state index is 6.05. The van der Waals surface area contributed by atoms with Gasteiger partial charge in [-0.1, -0.05) is 17.7 Å². The van der Waals surface area contributed by atoms with Gasteiger partial charge in [0.15, 0.2) is 0 Å². The summed E-state index contributed by atoms with van der Waals surface area (Å²) in [6, 6.07) is 8.26. The van der Waals surface area contributed by atoms with Gasteiger partial charge in [-0.15, -0.1) is 0 Å². The van der Waals surface area contributed by atoms with Crippen molar-refractivity contribution in [3.05, 3.63) is 35.5 Å². The van der Waals surface area contributed by atoms with Crippen LogP contribution in [-0.2, 0) is 6.54 Å². The Hall–Kier alpha value is -0.990. The molecule has 0 amide bonds. The lowest BCUT2D eigenvalue weighted by molar-refractivity contribution is 0.324. The summed E-state index contributed by atoms with van der Waals surface area (Å²) in [6.07, 6.45) is 4.88. The maximum atomic E-state index is 6.05. The fraction of sp³-hybridized carbons (Fsp3) is 0.429. The van der Waals surface area contributed by atoms with E-state index in [0.717, 1.165) is 18.1 Å². The van der Waals surface area contributed by atoms with Crippen LogP contribution < -0.4 is 0 Å². The van der Waals surface area contributed by atoms with Crippen LogP contribution in [0.4, 0.5) is 0 Å². The Morgan fingerprint density at radius 1 is 1.06 bits per heavy atom. The minimum Gasteiger partial charge on any atom is -0.346 e. The summed E-state index contributed by atoms with van der Waals surface area (Å²) < 4.78 is 2.31. The van der Waals surface area contributed by atoms with Gasteiger partial charge in [-0.3, -0.25) is 0 Å². The first kappa shape index (κ1) is 11.1. The fourth-order valence-electron chi connectivity index (χ4n) is 2.61. The van der Waals surface area contributed by atoms with E-state index in [0.29, 0.717) is 0 Å². The van der Waals surface area contributed by atoms with Gasteiger partial charge in [-0.25, -0.2) is 0 Å². The molecule has 17 heavy (non-hydrogen) atoms. The first-order chi connectivity index (χ1) is 8.33. The molecule has 90 valence electrons. The summed E-state index contributed by atoms with van der Waals surface area (Å²) in [4.78, 5) is 2.54. The molecule has 0 atom stereocenters. The second kappa shape index (κ2) is 4.71. The van der Waals surface area contributed by atoms with Crippen molar-refractivity contribution >= 4 is 22.5 Å². The number of nitrogens with zero attached hydrogens (tertiary/aromatic N) is 2. The fourth-order valence-corrected chi connectivity index (χ4v) is 2.77. The third-order valence-corrected chi connectivity index (χ3v) is 3.83. The lowest BCUT2D eigenvalue weighted by atomic mass is 10.2. The average molecular weight is 249 g/mol. The lowest BCUT2D eigenvalue weighted by Crippen LogP contribution is -2.23. The van der Waals surface area contributed by atoms with Crippen LogP contribution in [-0.4, -0.2) is 29.1 Å². The van der Waals surface area contributed by atoms with Crippen molar-refractivity contribution in [1.82, 2.24) is 9.47 Å². The van der Waals surface area contributed by atoms with E-state index in [1.54, 1.807) is 0 Å². The van der Waals surface area contributed by atoms with Gasteiger partial charge in [0.25, 0.3) is 0 Å². The van der Waals surface area contributed by atoms with Crippen LogP contribution in [0.15, 0.2) is 30.5 Å². The summed E-state index contributed by atoms with van der Waals surface area (Å²) in [5.41, 5.74) is 1.25. The molecular weight excluding hydrogens is 232 g/mol. The standard InChI is InChI=1S/C14H17ClN2/c15-13-4-3-12-5-8-17(14(12)11-13)10-9-16-6-1-2-7-16/h3-5,8,11H,1-2,6-7,9-10H2. The second-order valence-corrected chi connectivity index (χ2v) is 5.20. The molecule has 2 aromatic rings. The van der Waals surface area contributed by atoms with Crippen molar-refractivity contribution in [2.75, 3.05) is 19.6 Å². The molecule has 1 aromatic carbocycles. The molecule has 1 fully saturated rings. The third kappa shape index (κ3) is 2.33. The molecule has 0 aliphatic carbocycles. The highest BCUT2D eigenvalue weighted by molar-refractivity contribution is 6.31. The predicted molar refractivity (Wildman–Crippen MR) is 72.6 cm³/mol. The Bertz CT molecular complexity index is 512. The van der Waals surface area contributed by atoms with Gasteiger partial charge >= 0.3 is 0 Å². The van der Waals surface area contributed by atoms with Crippen LogP contribution in [0, 0.1) is 0 Å². The highest BCUT2D eigenvalue weighted by Crippen LogP contribution is 2.20. The molecule has 3 rings (SSSR count). The van der Waals surface area contributed by atoms with Crippen molar-refractivity contribution in [2.45, 2.75) is 19.4 Å². The summed E-state index contributed by atoms with van der Waals surface area (Å²) in [5, 5.41) is 2.09. The zero-order valence-corrected chi connectivity index (χ0v) is 10.7. The molecule has 0 saturated carbocycles. The average Bonchev–Trinajstić information content (AvgIpc) is 2.94. The first-order valence-electron chi connectivity index (χ1n) is 6.30. The Kier molecular flexibility index (Phi) is 3.08. The molecule has 3 heteroatoms.